The van der Waals surface area contributed by atoms with E-state index in [2.05, 4.69) is 50.2 Å². The molecule has 43 heavy (non-hydrogen) atoms. The molecule has 5 rings (SSSR count). The fourth-order valence-electron chi connectivity index (χ4n) is 4.67. The largest absolute Gasteiger partial charge is 0.490 e. The summed E-state index contributed by atoms with van der Waals surface area (Å²) in [6.07, 6.45) is 3.32. The highest BCUT2D eigenvalue weighted by atomic mass is 127. The van der Waals surface area contributed by atoms with Crippen LogP contribution >= 0.6 is 56.5 Å². The molecule has 222 valence electrons. The summed E-state index contributed by atoms with van der Waals surface area (Å²) in [5.41, 5.74) is 2.60. The molecule has 8 nitrogen and oxygen atoms in total. The van der Waals surface area contributed by atoms with E-state index in [0.29, 0.717) is 46.2 Å². The Hall–Kier alpha value is -3.17. The molecule has 0 spiro atoms. The second-order valence-electron chi connectivity index (χ2n) is 9.34. The van der Waals surface area contributed by atoms with E-state index >= 15 is 0 Å². The fourth-order valence-corrected chi connectivity index (χ4v) is 7.77. The Morgan fingerprint density at radius 3 is 2.35 bits per heavy atom. The highest BCUT2D eigenvalue weighted by molar-refractivity contribution is 14.1. The molecule has 1 aliphatic heterocycles. The predicted molar refractivity (Wildman–Crippen MR) is 183 cm³/mol. The molecule has 0 amide bonds. The number of methoxy groups -OCH3 is 1. The summed E-state index contributed by atoms with van der Waals surface area (Å²) in [4.78, 5) is 31.8. The molecule has 1 aliphatic rings. The van der Waals surface area contributed by atoms with E-state index in [1.807, 2.05) is 68.5 Å². The number of aromatic nitrogens is 1. The number of halogens is 2. The summed E-state index contributed by atoms with van der Waals surface area (Å²) in [7, 11) is 1.31. The minimum absolute atomic E-state index is 0.247. The third-order valence-corrected chi connectivity index (χ3v) is 9.15. The summed E-state index contributed by atoms with van der Waals surface area (Å²) < 4.78 is 26.7. The molecule has 0 bridgehead atoms. The molecule has 4 aromatic rings. The summed E-state index contributed by atoms with van der Waals surface area (Å²) in [6, 6.07) is 18.6. The highest BCUT2D eigenvalue weighted by Gasteiger charge is 2.31. The minimum Gasteiger partial charge on any atom is -0.490 e. The monoisotopic (exact) mass is 822 g/mol. The normalized spacial score (nSPS) is 14.4. The maximum Gasteiger partial charge on any atom is 0.337 e. The fraction of sp³-hybridized carbons (Fsp3) is 0.219. The summed E-state index contributed by atoms with van der Waals surface area (Å²) in [6.45, 7) is 5.15. The predicted octanol–water partition coefficient (Wildman–Crippen LogP) is 5.60. The van der Waals surface area contributed by atoms with Gasteiger partial charge >= 0.3 is 5.97 Å². The van der Waals surface area contributed by atoms with Crippen LogP contribution in [-0.2, 0) is 16.1 Å². The number of carbonyl (C=O) groups is 1. The van der Waals surface area contributed by atoms with E-state index in [4.69, 9.17) is 18.9 Å². The average molecular weight is 822 g/mol. The van der Waals surface area contributed by atoms with Crippen LogP contribution in [0, 0.1) is 7.14 Å². The van der Waals surface area contributed by atoms with Gasteiger partial charge in [-0.1, -0.05) is 47.7 Å². The number of carbonyl (C=O) groups excluding carboxylic acids is 1. The van der Waals surface area contributed by atoms with Crippen LogP contribution < -0.4 is 29.1 Å². The second kappa shape index (κ2) is 14.1. The molecule has 0 aliphatic carbocycles. The lowest BCUT2D eigenvalue weighted by molar-refractivity contribution is -0.136. The maximum atomic E-state index is 14.0. The highest BCUT2D eigenvalue weighted by Crippen LogP contribution is 2.35. The van der Waals surface area contributed by atoms with E-state index in [1.54, 1.807) is 16.7 Å². The molecular weight excluding hydrogens is 794 g/mol. The van der Waals surface area contributed by atoms with Gasteiger partial charge < -0.3 is 18.9 Å². The average Bonchev–Trinajstić information content (AvgIpc) is 3.32. The molecule has 2 heterocycles. The molecule has 0 saturated heterocycles. The zero-order chi connectivity index (χ0) is 30.5. The molecule has 0 N–H and O–H groups in total. The summed E-state index contributed by atoms with van der Waals surface area (Å²) >= 11 is 5.78. The van der Waals surface area contributed by atoms with Crippen molar-refractivity contribution < 1.29 is 23.7 Å². The van der Waals surface area contributed by atoms with E-state index in [-0.39, 0.29) is 11.1 Å². The molecule has 0 saturated carbocycles. The Labute approximate surface area is 279 Å². The quantitative estimate of drug-likeness (QED) is 0.153. The van der Waals surface area contributed by atoms with Gasteiger partial charge in [-0.3, -0.25) is 9.36 Å². The van der Waals surface area contributed by atoms with Crippen molar-refractivity contribution >= 4 is 68.6 Å². The lowest BCUT2D eigenvalue weighted by Crippen LogP contribution is -2.39. The number of rotatable bonds is 10. The SMILES string of the molecule is CCOc1ccc([C@H]2C(C(=O)OC)=CN=c3s/c(=C\c4cc(I)c(OCc5ccccc5)c(I)c4)c(=O)n32)cc1OCC. The first-order valence-electron chi connectivity index (χ1n) is 13.5. The number of fused-ring (bicyclic) bond motifs is 1. The summed E-state index contributed by atoms with van der Waals surface area (Å²) in [5.74, 6) is 1.35. The van der Waals surface area contributed by atoms with Crippen LogP contribution in [-0.4, -0.2) is 30.9 Å². The van der Waals surface area contributed by atoms with E-state index in [9.17, 15) is 9.59 Å². The first-order valence-corrected chi connectivity index (χ1v) is 16.5. The van der Waals surface area contributed by atoms with Gasteiger partial charge in [0.15, 0.2) is 16.3 Å². The van der Waals surface area contributed by atoms with Crippen molar-refractivity contribution in [3.8, 4) is 17.2 Å². The van der Waals surface area contributed by atoms with Crippen LogP contribution in [0.2, 0.25) is 0 Å². The third-order valence-electron chi connectivity index (χ3n) is 6.55. The Morgan fingerprint density at radius 2 is 1.67 bits per heavy atom. The number of hydrogen-bond acceptors (Lipinski definition) is 8. The van der Waals surface area contributed by atoms with Gasteiger partial charge in [-0.05, 0) is 106 Å². The topological polar surface area (TPSA) is 88.4 Å². The van der Waals surface area contributed by atoms with Gasteiger partial charge in [0.2, 0.25) is 0 Å². The van der Waals surface area contributed by atoms with Crippen LogP contribution in [0.25, 0.3) is 6.08 Å². The van der Waals surface area contributed by atoms with Gasteiger partial charge in [0, 0.05) is 6.20 Å². The molecule has 0 radical (unpaired) electrons. The van der Waals surface area contributed by atoms with Gasteiger partial charge in [0.05, 0.1) is 43.6 Å². The molecule has 3 aromatic carbocycles. The van der Waals surface area contributed by atoms with Crippen LogP contribution in [0.15, 0.2) is 82.2 Å². The van der Waals surface area contributed by atoms with Crippen molar-refractivity contribution in [1.29, 1.82) is 0 Å². The Kier molecular flexibility index (Phi) is 10.2. The van der Waals surface area contributed by atoms with E-state index in [1.165, 1.54) is 24.6 Å². The Bertz CT molecular complexity index is 1840. The van der Waals surface area contributed by atoms with Gasteiger partial charge in [-0.25, -0.2) is 9.79 Å². The van der Waals surface area contributed by atoms with Crippen molar-refractivity contribution in [3.05, 3.63) is 116 Å². The standard InChI is InChI=1S/C32H28I2N2O6S/c1-4-40-25-12-11-21(16-26(25)41-5-2)28-22(31(38)39-3)17-35-32-36(28)30(37)27(43-32)15-20-13-23(33)29(24(34)14-20)42-18-19-9-7-6-8-10-19/h6-17,28H,4-5,18H2,1-3H3/b27-15-/t28-/m0/s1. The minimum atomic E-state index is -0.755. The first kappa shape index (κ1) is 31.3. The van der Waals surface area contributed by atoms with Crippen LogP contribution in [0.3, 0.4) is 0 Å². The van der Waals surface area contributed by atoms with Crippen LogP contribution in [0.1, 0.15) is 36.6 Å². The molecule has 1 atom stereocenters. The number of ether oxygens (including phenoxy) is 4. The van der Waals surface area contributed by atoms with Gasteiger partial charge in [-0.2, -0.15) is 0 Å². The first-order chi connectivity index (χ1) is 20.8. The molecular formula is C32H28I2N2O6S. The number of esters is 1. The zero-order valence-electron chi connectivity index (χ0n) is 23.6. The Balaban J connectivity index is 1.55. The van der Waals surface area contributed by atoms with Crippen molar-refractivity contribution in [3.63, 3.8) is 0 Å². The maximum absolute atomic E-state index is 14.0. The smallest absolute Gasteiger partial charge is 0.337 e. The van der Waals surface area contributed by atoms with Crippen LogP contribution in [0.4, 0.5) is 0 Å². The summed E-state index contributed by atoms with van der Waals surface area (Å²) in [5, 5.41) is 0. The van der Waals surface area contributed by atoms with E-state index < -0.39 is 12.0 Å². The van der Waals surface area contributed by atoms with Crippen molar-refractivity contribution in [2.45, 2.75) is 26.5 Å². The molecule has 0 unspecified atom stereocenters. The van der Waals surface area contributed by atoms with Crippen molar-refractivity contribution in [2.75, 3.05) is 20.3 Å². The van der Waals surface area contributed by atoms with Gasteiger partial charge in [0.1, 0.15) is 12.4 Å². The van der Waals surface area contributed by atoms with E-state index in [0.717, 1.165) is 24.0 Å². The lowest BCUT2D eigenvalue weighted by Gasteiger charge is -2.23. The lowest BCUT2D eigenvalue weighted by atomic mass is 9.97. The van der Waals surface area contributed by atoms with Crippen molar-refractivity contribution in [2.24, 2.45) is 4.99 Å². The van der Waals surface area contributed by atoms with Crippen molar-refractivity contribution in [1.82, 2.24) is 4.57 Å². The Morgan fingerprint density at radius 1 is 0.977 bits per heavy atom. The number of thiazole rings is 1. The van der Waals surface area contributed by atoms with Gasteiger partial charge in [0.25, 0.3) is 5.56 Å². The number of benzene rings is 3. The number of nitrogens with zero attached hydrogens (tertiary/aromatic N) is 2. The second-order valence-corrected chi connectivity index (χ2v) is 12.7. The molecule has 1 aromatic heterocycles. The number of hydrogen-bond donors (Lipinski definition) is 0. The zero-order valence-corrected chi connectivity index (χ0v) is 28.8. The third kappa shape index (κ3) is 6.83. The molecule has 11 heteroatoms. The van der Waals surface area contributed by atoms with Crippen LogP contribution in [0.5, 0.6) is 17.2 Å². The molecule has 0 fully saturated rings. The van der Waals surface area contributed by atoms with Gasteiger partial charge in [-0.15, -0.1) is 0 Å².